The fraction of sp³-hybridized carbons (Fsp3) is 0.529. The summed E-state index contributed by atoms with van der Waals surface area (Å²) in [6.07, 6.45) is 11.0. The molecule has 0 amide bonds. The third kappa shape index (κ3) is 1.84. The third-order valence-corrected chi connectivity index (χ3v) is 4.71. The molecule has 2 atom stereocenters. The van der Waals surface area contributed by atoms with Crippen molar-refractivity contribution in [2.24, 2.45) is 11.3 Å². The number of benzene rings is 1. The van der Waals surface area contributed by atoms with Gasteiger partial charge in [0, 0.05) is 0 Å². The highest BCUT2D eigenvalue weighted by atomic mass is 14.5. The average molecular weight is 226 g/mol. The summed E-state index contributed by atoms with van der Waals surface area (Å²) >= 11 is 0. The van der Waals surface area contributed by atoms with E-state index in [0.717, 1.165) is 5.92 Å². The molecule has 0 aliphatic heterocycles. The molecule has 90 valence electrons. The molecule has 1 fully saturated rings. The molecule has 0 radical (unpaired) electrons. The summed E-state index contributed by atoms with van der Waals surface area (Å²) in [7, 11) is 0. The number of hydrogen-bond donors (Lipinski definition) is 0. The Bertz CT molecular complexity index is 415. The molecule has 0 heterocycles. The van der Waals surface area contributed by atoms with Crippen LogP contribution in [0.1, 0.15) is 51.0 Å². The van der Waals surface area contributed by atoms with Crippen LogP contribution in [0.5, 0.6) is 0 Å². The van der Waals surface area contributed by atoms with Crippen LogP contribution in [0.3, 0.4) is 0 Å². The van der Waals surface area contributed by atoms with E-state index in [4.69, 9.17) is 0 Å². The third-order valence-electron chi connectivity index (χ3n) is 4.71. The molecule has 3 rings (SSSR count). The monoisotopic (exact) mass is 226 g/mol. The minimum Gasteiger partial charge on any atom is -0.0770 e. The van der Waals surface area contributed by atoms with Gasteiger partial charge in [0.2, 0.25) is 0 Å². The van der Waals surface area contributed by atoms with E-state index in [0.29, 0.717) is 5.41 Å². The van der Waals surface area contributed by atoms with Gasteiger partial charge in [-0.3, -0.25) is 0 Å². The van der Waals surface area contributed by atoms with Crippen molar-refractivity contribution >= 4 is 5.57 Å². The molecule has 0 spiro atoms. The van der Waals surface area contributed by atoms with E-state index in [1.54, 1.807) is 5.57 Å². The standard InChI is InChI=1S/C17H22/c1-2-3-10-17-11-9-14(13-17)12-16(17)15-7-5-4-6-8-15/h4-8,12,14H,2-3,9-11,13H2,1H3. The van der Waals surface area contributed by atoms with E-state index in [1.165, 1.54) is 44.1 Å². The van der Waals surface area contributed by atoms with E-state index in [2.05, 4.69) is 43.3 Å². The van der Waals surface area contributed by atoms with Crippen LogP contribution in [0.25, 0.3) is 5.57 Å². The fourth-order valence-corrected chi connectivity index (χ4v) is 3.86. The molecule has 2 unspecified atom stereocenters. The highest BCUT2D eigenvalue weighted by molar-refractivity contribution is 5.73. The summed E-state index contributed by atoms with van der Waals surface area (Å²) < 4.78 is 0. The number of rotatable bonds is 4. The maximum atomic E-state index is 2.58. The minimum absolute atomic E-state index is 0.544. The highest BCUT2D eigenvalue weighted by Crippen LogP contribution is 2.59. The molecule has 1 saturated carbocycles. The number of fused-ring (bicyclic) bond motifs is 2. The SMILES string of the molecule is CCCCC12CCC(C=C1c1ccccc1)C2. The predicted molar refractivity (Wildman–Crippen MR) is 73.7 cm³/mol. The molecule has 17 heavy (non-hydrogen) atoms. The van der Waals surface area contributed by atoms with Gasteiger partial charge in [0.25, 0.3) is 0 Å². The topological polar surface area (TPSA) is 0 Å². The van der Waals surface area contributed by atoms with Crippen molar-refractivity contribution in [3.05, 3.63) is 42.0 Å². The Hall–Kier alpha value is -1.04. The first kappa shape index (κ1) is 11.1. The Kier molecular flexibility index (Phi) is 2.82. The quantitative estimate of drug-likeness (QED) is 0.673. The molecular weight excluding hydrogens is 204 g/mol. The van der Waals surface area contributed by atoms with Crippen LogP contribution in [-0.4, -0.2) is 0 Å². The van der Waals surface area contributed by atoms with Gasteiger partial charge in [0.15, 0.2) is 0 Å². The van der Waals surface area contributed by atoms with E-state index < -0.39 is 0 Å². The molecule has 1 aromatic carbocycles. The van der Waals surface area contributed by atoms with E-state index >= 15 is 0 Å². The second-order valence-electron chi connectivity index (χ2n) is 5.83. The summed E-state index contributed by atoms with van der Waals surface area (Å²) in [5.41, 5.74) is 3.69. The first-order chi connectivity index (χ1) is 8.34. The zero-order valence-corrected chi connectivity index (χ0v) is 10.8. The molecular formula is C17H22. The van der Waals surface area contributed by atoms with Crippen LogP contribution in [0, 0.1) is 11.3 Å². The maximum Gasteiger partial charge on any atom is -0.00383 e. The minimum atomic E-state index is 0.544. The summed E-state index contributed by atoms with van der Waals surface area (Å²) in [6.45, 7) is 2.31. The number of hydrogen-bond acceptors (Lipinski definition) is 0. The highest BCUT2D eigenvalue weighted by Gasteiger charge is 2.45. The first-order valence-corrected chi connectivity index (χ1v) is 7.12. The normalized spacial score (nSPS) is 30.6. The van der Waals surface area contributed by atoms with Crippen molar-refractivity contribution in [1.29, 1.82) is 0 Å². The van der Waals surface area contributed by atoms with Crippen LogP contribution >= 0.6 is 0 Å². The second kappa shape index (κ2) is 4.33. The molecule has 0 saturated heterocycles. The van der Waals surface area contributed by atoms with Gasteiger partial charge in [-0.05, 0) is 48.2 Å². The molecule has 2 aliphatic rings. The van der Waals surface area contributed by atoms with E-state index in [-0.39, 0.29) is 0 Å². The van der Waals surface area contributed by atoms with Crippen LogP contribution < -0.4 is 0 Å². The van der Waals surface area contributed by atoms with Crippen molar-refractivity contribution in [3.63, 3.8) is 0 Å². The molecule has 2 bridgehead atoms. The molecule has 0 heteroatoms. The number of unbranched alkanes of at least 4 members (excludes halogenated alkanes) is 1. The Balaban J connectivity index is 1.91. The van der Waals surface area contributed by atoms with Gasteiger partial charge in [0.1, 0.15) is 0 Å². The Morgan fingerprint density at radius 3 is 2.76 bits per heavy atom. The van der Waals surface area contributed by atoms with E-state index in [9.17, 15) is 0 Å². The summed E-state index contributed by atoms with van der Waals surface area (Å²) in [4.78, 5) is 0. The van der Waals surface area contributed by atoms with Gasteiger partial charge in [-0.15, -0.1) is 0 Å². The summed E-state index contributed by atoms with van der Waals surface area (Å²) in [5, 5.41) is 0. The predicted octanol–water partition coefficient (Wildman–Crippen LogP) is 5.06. The smallest absolute Gasteiger partial charge is 0.00383 e. The van der Waals surface area contributed by atoms with Crippen LogP contribution in [0.15, 0.2) is 36.4 Å². The summed E-state index contributed by atoms with van der Waals surface area (Å²) in [6, 6.07) is 11.1. The first-order valence-electron chi connectivity index (χ1n) is 7.12. The lowest BCUT2D eigenvalue weighted by molar-refractivity contribution is 0.372. The molecule has 0 N–H and O–H groups in total. The van der Waals surface area contributed by atoms with Crippen LogP contribution in [-0.2, 0) is 0 Å². The lowest BCUT2D eigenvalue weighted by Gasteiger charge is -2.30. The molecule has 1 aromatic rings. The van der Waals surface area contributed by atoms with Crippen molar-refractivity contribution in [3.8, 4) is 0 Å². The lowest BCUT2D eigenvalue weighted by Crippen LogP contribution is -2.16. The van der Waals surface area contributed by atoms with Gasteiger partial charge in [0.05, 0.1) is 0 Å². The number of allylic oxidation sites excluding steroid dienone is 2. The molecule has 0 aromatic heterocycles. The summed E-state index contributed by atoms with van der Waals surface area (Å²) in [5.74, 6) is 0.877. The fourth-order valence-electron chi connectivity index (χ4n) is 3.86. The zero-order valence-electron chi connectivity index (χ0n) is 10.8. The van der Waals surface area contributed by atoms with Crippen molar-refractivity contribution in [1.82, 2.24) is 0 Å². The molecule has 2 aliphatic carbocycles. The van der Waals surface area contributed by atoms with E-state index in [1.807, 2.05) is 0 Å². The van der Waals surface area contributed by atoms with Crippen LogP contribution in [0.4, 0.5) is 0 Å². The zero-order chi connectivity index (χ0) is 11.7. The van der Waals surface area contributed by atoms with Gasteiger partial charge >= 0.3 is 0 Å². The molecule has 0 nitrogen and oxygen atoms in total. The largest absolute Gasteiger partial charge is 0.0770 e. The van der Waals surface area contributed by atoms with Crippen LogP contribution in [0.2, 0.25) is 0 Å². The van der Waals surface area contributed by atoms with Gasteiger partial charge in [-0.2, -0.15) is 0 Å². The second-order valence-corrected chi connectivity index (χ2v) is 5.83. The van der Waals surface area contributed by atoms with Crippen molar-refractivity contribution in [2.45, 2.75) is 45.4 Å². The Morgan fingerprint density at radius 2 is 2.06 bits per heavy atom. The van der Waals surface area contributed by atoms with Crippen molar-refractivity contribution in [2.75, 3.05) is 0 Å². The van der Waals surface area contributed by atoms with Gasteiger partial charge in [-0.25, -0.2) is 0 Å². The Labute approximate surface area is 105 Å². The maximum absolute atomic E-state index is 2.58. The van der Waals surface area contributed by atoms with Gasteiger partial charge in [-0.1, -0.05) is 56.2 Å². The average Bonchev–Trinajstić information content (AvgIpc) is 2.95. The lowest BCUT2D eigenvalue weighted by atomic mass is 9.74. The Morgan fingerprint density at radius 1 is 1.24 bits per heavy atom. The van der Waals surface area contributed by atoms with Gasteiger partial charge < -0.3 is 0 Å². The van der Waals surface area contributed by atoms with Crippen molar-refractivity contribution < 1.29 is 0 Å².